The van der Waals surface area contributed by atoms with E-state index >= 15 is 0 Å². The number of carbonyl (C=O) groups excluding carboxylic acids is 1. The second-order valence-corrected chi connectivity index (χ2v) is 3.40. The molecule has 2 rings (SSSR count). The number of H-pyrrole nitrogens is 1. The third kappa shape index (κ3) is 1.94. The number of nitrogens with zero attached hydrogens (tertiary/aromatic N) is 1. The van der Waals surface area contributed by atoms with Crippen molar-refractivity contribution in [3.05, 3.63) is 29.0 Å². The Bertz CT molecular complexity index is 507. The molecule has 0 spiro atoms. The van der Waals surface area contributed by atoms with Crippen LogP contribution in [0.3, 0.4) is 0 Å². The van der Waals surface area contributed by atoms with Gasteiger partial charge in [-0.05, 0) is 25.1 Å². The lowest BCUT2D eigenvalue weighted by molar-refractivity contribution is 0.0514. The number of esters is 1. The fourth-order valence-corrected chi connectivity index (χ4v) is 1.45. The minimum atomic E-state index is -0.454. The van der Waals surface area contributed by atoms with E-state index in [1.807, 2.05) is 0 Å². The van der Waals surface area contributed by atoms with E-state index < -0.39 is 5.97 Å². The highest BCUT2D eigenvalue weighted by molar-refractivity contribution is 6.31. The van der Waals surface area contributed by atoms with Crippen molar-refractivity contribution in [1.29, 1.82) is 0 Å². The lowest BCUT2D eigenvalue weighted by Gasteiger charge is -1.95. The number of rotatable bonds is 2. The largest absolute Gasteiger partial charge is 0.460 e. The zero-order valence-electron chi connectivity index (χ0n) is 8.08. The number of hydrogen-bond donors (Lipinski definition) is 1. The van der Waals surface area contributed by atoms with Crippen LogP contribution in [0, 0.1) is 0 Å². The van der Waals surface area contributed by atoms with E-state index in [0.29, 0.717) is 17.1 Å². The number of fused-ring (bicyclic) bond motifs is 1. The number of carbonyl (C=O) groups is 1. The summed E-state index contributed by atoms with van der Waals surface area (Å²) < 4.78 is 4.82. The number of aromatic amines is 1. The number of halogens is 1. The van der Waals surface area contributed by atoms with Crippen molar-refractivity contribution in [2.45, 2.75) is 6.92 Å². The fourth-order valence-electron chi connectivity index (χ4n) is 1.28. The van der Waals surface area contributed by atoms with Gasteiger partial charge >= 0.3 is 5.97 Å². The Morgan fingerprint density at radius 3 is 3.13 bits per heavy atom. The first kappa shape index (κ1) is 9.98. The number of imidazole rings is 1. The Morgan fingerprint density at radius 2 is 2.40 bits per heavy atom. The molecule has 1 heterocycles. The molecule has 4 nitrogen and oxygen atoms in total. The van der Waals surface area contributed by atoms with Crippen molar-refractivity contribution >= 4 is 28.6 Å². The Balaban J connectivity index is 2.42. The molecule has 1 aromatic carbocycles. The molecule has 0 aliphatic rings. The summed E-state index contributed by atoms with van der Waals surface area (Å²) in [7, 11) is 0. The molecule has 0 amide bonds. The van der Waals surface area contributed by atoms with Gasteiger partial charge in [0.15, 0.2) is 0 Å². The summed E-state index contributed by atoms with van der Waals surface area (Å²) in [4.78, 5) is 18.3. The van der Waals surface area contributed by atoms with Crippen LogP contribution in [0.25, 0.3) is 11.0 Å². The molecule has 1 aromatic heterocycles. The highest BCUT2D eigenvalue weighted by Crippen LogP contribution is 2.17. The van der Waals surface area contributed by atoms with Gasteiger partial charge in [-0.1, -0.05) is 11.6 Å². The lowest BCUT2D eigenvalue weighted by atomic mass is 10.3. The summed E-state index contributed by atoms with van der Waals surface area (Å²) in [5.41, 5.74) is 1.42. The van der Waals surface area contributed by atoms with Gasteiger partial charge in [0.25, 0.3) is 0 Å². The molecule has 0 unspecified atom stereocenters. The third-order valence-electron chi connectivity index (χ3n) is 1.91. The van der Waals surface area contributed by atoms with Gasteiger partial charge in [0.05, 0.1) is 17.6 Å². The van der Waals surface area contributed by atoms with Crippen molar-refractivity contribution in [2.75, 3.05) is 6.61 Å². The van der Waals surface area contributed by atoms with Crippen molar-refractivity contribution in [3.63, 3.8) is 0 Å². The van der Waals surface area contributed by atoms with Crippen LogP contribution in [0.4, 0.5) is 0 Å². The molecule has 78 valence electrons. The molecule has 0 fully saturated rings. The van der Waals surface area contributed by atoms with Crippen LogP contribution >= 0.6 is 11.6 Å². The van der Waals surface area contributed by atoms with E-state index in [4.69, 9.17) is 16.3 Å². The Kier molecular flexibility index (Phi) is 2.60. The number of benzene rings is 1. The molecule has 5 heteroatoms. The molecular formula is C10H9ClN2O2. The molecule has 0 bridgehead atoms. The highest BCUT2D eigenvalue weighted by Gasteiger charge is 2.11. The van der Waals surface area contributed by atoms with Gasteiger partial charge in [-0.2, -0.15) is 0 Å². The molecular weight excluding hydrogens is 216 g/mol. The molecule has 1 N–H and O–H groups in total. The van der Waals surface area contributed by atoms with Gasteiger partial charge in [0.2, 0.25) is 5.82 Å². The molecule has 2 aromatic rings. The van der Waals surface area contributed by atoms with Gasteiger partial charge in [0.1, 0.15) is 0 Å². The summed E-state index contributed by atoms with van der Waals surface area (Å²) in [6, 6.07) is 5.18. The molecule has 0 atom stereocenters. The summed E-state index contributed by atoms with van der Waals surface area (Å²) in [5, 5.41) is 0.599. The number of ether oxygens (including phenoxy) is 1. The van der Waals surface area contributed by atoms with E-state index in [1.54, 1.807) is 25.1 Å². The first-order chi connectivity index (χ1) is 7.20. The smallest absolute Gasteiger partial charge is 0.374 e. The third-order valence-corrected chi connectivity index (χ3v) is 2.15. The maximum atomic E-state index is 11.4. The predicted molar refractivity (Wildman–Crippen MR) is 57.1 cm³/mol. The molecule has 15 heavy (non-hydrogen) atoms. The minimum Gasteiger partial charge on any atom is -0.460 e. The summed E-state index contributed by atoms with van der Waals surface area (Å²) in [6.07, 6.45) is 0. The first-order valence-corrected chi connectivity index (χ1v) is 4.91. The first-order valence-electron chi connectivity index (χ1n) is 4.53. The SMILES string of the molecule is CCOC(=O)c1nc2ccc(Cl)cc2[nH]1. The Hall–Kier alpha value is -1.55. The quantitative estimate of drug-likeness (QED) is 0.797. The molecule has 0 aliphatic heterocycles. The van der Waals surface area contributed by atoms with Gasteiger partial charge in [-0.3, -0.25) is 0 Å². The molecule has 0 saturated heterocycles. The Labute approximate surface area is 91.2 Å². The van der Waals surface area contributed by atoms with Crippen LogP contribution in [0.2, 0.25) is 5.02 Å². The van der Waals surface area contributed by atoms with Gasteiger partial charge in [-0.15, -0.1) is 0 Å². The van der Waals surface area contributed by atoms with Crippen molar-refractivity contribution < 1.29 is 9.53 Å². The van der Waals surface area contributed by atoms with E-state index in [-0.39, 0.29) is 5.82 Å². The van der Waals surface area contributed by atoms with Crippen LogP contribution in [0.1, 0.15) is 17.5 Å². The van der Waals surface area contributed by atoms with Crippen LogP contribution < -0.4 is 0 Å². The second kappa shape index (κ2) is 3.90. The van der Waals surface area contributed by atoms with Crippen molar-refractivity contribution in [1.82, 2.24) is 9.97 Å². The van der Waals surface area contributed by atoms with E-state index in [0.717, 1.165) is 5.52 Å². The van der Waals surface area contributed by atoms with Gasteiger partial charge < -0.3 is 9.72 Å². The monoisotopic (exact) mass is 224 g/mol. The van der Waals surface area contributed by atoms with E-state index in [9.17, 15) is 4.79 Å². The summed E-state index contributed by atoms with van der Waals surface area (Å²) in [5.74, 6) is -0.251. The Morgan fingerprint density at radius 1 is 1.60 bits per heavy atom. The predicted octanol–water partition coefficient (Wildman–Crippen LogP) is 2.39. The van der Waals surface area contributed by atoms with Crippen molar-refractivity contribution in [3.8, 4) is 0 Å². The number of nitrogens with one attached hydrogen (secondary N) is 1. The summed E-state index contributed by atoms with van der Waals surface area (Å²) in [6.45, 7) is 2.08. The minimum absolute atomic E-state index is 0.203. The average molecular weight is 225 g/mol. The summed E-state index contributed by atoms with van der Waals surface area (Å²) >= 11 is 5.80. The maximum absolute atomic E-state index is 11.4. The van der Waals surface area contributed by atoms with Gasteiger partial charge in [0, 0.05) is 5.02 Å². The zero-order valence-corrected chi connectivity index (χ0v) is 8.84. The maximum Gasteiger partial charge on any atom is 0.374 e. The van der Waals surface area contributed by atoms with Crippen LogP contribution in [0.15, 0.2) is 18.2 Å². The number of aromatic nitrogens is 2. The molecule has 0 radical (unpaired) electrons. The fraction of sp³-hybridized carbons (Fsp3) is 0.200. The number of hydrogen-bond acceptors (Lipinski definition) is 3. The second-order valence-electron chi connectivity index (χ2n) is 2.97. The van der Waals surface area contributed by atoms with Gasteiger partial charge in [-0.25, -0.2) is 9.78 Å². The van der Waals surface area contributed by atoms with Crippen LogP contribution in [0.5, 0.6) is 0 Å². The molecule has 0 aliphatic carbocycles. The zero-order chi connectivity index (χ0) is 10.8. The standard InChI is InChI=1S/C10H9ClN2O2/c1-2-15-10(14)9-12-7-4-3-6(11)5-8(7)13-9/h3-5H,2H2,1H3,(H,12,13). The van der Waals surface area contributed by atoms with E-state index in [1.165, 1.54) is 0 Å². The lowest BCUT2D eigenvalue weighted by Crippen LogP contribution is -2.06. The van der Waals surface area contributed by atoms with Crippen molar-refractivity contribution in [2.24, 2.45) is 0 Å². The van der Waals surface area contributed by atoms with Crippen LogP contribution in [-0.4, -0.2) is 22.5 Å². The molecule has 0 saturated carbocycles. The highest BCUT2D eigenvalue weighted by atomic mass is 35.5. The normalized spacial score (nSPS) is 10.5. The topological polar surface area (TPSA) is 55.0 Å². The van der Waals surface area contributed by atoms with E-state index in [2.05, 4.69) is 9.97 Å². The average Bonchev–Trinajstić information content (AvgIpc) is 2.60. The van der Waals surface area contributed by atoms with Crippen LogP contribution in [-0.2, 0) is 4.74 Å².